The summed E-state index contributed by atoms with van der Waals surface area (Å²) in [7, 11) is 0. The fourth-order valence-electron chi connectivity index (χ4n) is 0.942. The predicted octanol–water partition coefficient (Wildman–Crippen LogP) is 1.88. The monoisotopic (exact) mass is 310 g/mol. The SMILES string of the molecule is Nc1cc(I)cc(C(=O)CCl)c1N. The Morgan fingerprint density at radius 1 is 1.46 bits per heavy atom. The third-order valence-electron chi connectivity index (χ3n) is 1.60. The molecule has 0 fully saturated rings. The molecule has 0 aliphatic heterocycles. The highest BCUT2D eigenvalue weighted by molar-refractivity contribution is 14.1. The smallest absolute Gasteiger partial charge is 0.179 e. The Hall–Kier alpha value is -0.490. The molecule has 0 amide bonds. The van der Waals surface area contributed by atoms with Crippen LogP contribution in [0.15, 0.2) is 12.1 Å². The molecule has 0 aliphatic carbocycles. The van der Waals surface area contributed by atoms with Gasteiger partial charge in [-0.1, -0.05) is 0 Å². The van der Waals surface area contributed by atoms with Gasteiger partial charge >= 0.3 is 0 Å². The number of carbonyl (C=O) groups is 1. The summed E-state index contributed by atoms with van der Waals surface area (Å²) in [6.07, 6.45) is 0. The third-order valence-corrected chi connectivity index (χ3v) is 2.46. The predicted molar refractivity (Wildman–Crippen MR) is 63.0 cm³/mol. The standard InChI is InChI=1S/C8H8ClIN2O/c9-3-7(13)5-1-4(10)2-6(11)8(5)12/h1-2H,3,11-12H2. The zero-order valence-electron chi connectivity index (χ0n) is 6.68. The van der Waals surface area contributed by atoms with E-state index < -0.39 is 0 Å². The van der Waals surface area contributed by atoms with E-state index in [0.717, 1.165) is 3.57 Å². The fraction of sp³-hybridized carbons (Fsp3) is 0.125. The lowest BCUT2D eigenvalue weighted by Gasteiger charge is -2.06. The minimum Gasteiger partial charge on any atom is -0.397 e. The molecule has 0 radical (unpaired) electrons. The summed E-state index contributed by atoms with van der Waals surface area (Å²) in [4.78, 5) is 11.3. The Morgan fingerprint density at radius 3 is 2.62 bits per heavy atom. The van der Waals surface area contributed by atoms with E-state index in [1.807, 2.05) is 0 Å². The maximum Gasteiger partial charge on any atom is 0.179 e. The molecule has 5 heteroatoms. The molecular formula is C8H8ClIN2O. The van der Waals surface area contributed by atoms with Gasteiger partial charge < -0.3 is 11.5 Å². The van der Waals surface area contributed by atoms with Gasteiger partial charge in [0.2, 0.25) is 0 Å². The van der Waals surface area contributed by atoms with E-state index in [0.29, 0.717) is 16.9 Å². The van der Waals surface area contributed by atoms with Gasteiger partial charge in [0.25, 0.3) is 0 Å². The molecule has 0 bridgehead atoms. The Morgan fingerprint density at radius 2 is 2.08 bits per heavy atom. The fourth-order valence-corrected chi connectivity index (χ4v) is 1.73. The number of rotatable bonds is 2. The molecule has 1 rings (SSSR count). The van der Waals surface area contributed by atoms with E-state index in [2.05, 4.69) is 22.6 Å². The van der Waals surface area contributed by atoms with Crippen LogP contribution in [0.25, 0.3) is 0 Å². The lowest BCUT2D eigenvalue weighted by molar-refractivity contribution is 0.102. The Balaban J connectivity index is 3.28. The molecule has 0 saturated heterocycles. The second-order valence-corrected chi connectivity index (χ2v) is 4.03. The summed E-state index contributed by atoms with van der Waals surface area (Å²) in [5.41, 5.74) is 12.3. The number of nitrogen functional groups attached to an aromatic ring is 2. The first kappa shape index (κ1) is 10.6. The second-order valence-electron chi connectivity index (χ2n) is 2.51. The molecule has 0 spiro atoms. The van der Waals surface area contributed by atoms with Crippen LogP contribution >= 0.6 is 34.2 Å². The number of halogens is 2. The summed E-state index contributed by atoms with van der Waals surface area (Å²) in [5, 5.41) is 0. The van der Waals surface area contributed by atoms with Gasteiger partial charge in [-0.25, -0.2) is 0 Å². The average molecular weight is 311 g/mol. The summed E-state index contributed by atoms with van der Waals surface area (Å²) in [5.74, 6) is -0.284. The van der Waals surface area contributed by atoms with E-state index in [1.165, 1.54) is 0 Å². The van der Waals surface area contributed by atoms with Crippen molar-refractivity contribution in [1.29, 1.82) is 0 Å². The molecular weight excluding hydrogens is 302 g/mol. The molecule has 4 N–H and O–H groups in total. The number of nitrogens with two attached hydrogens (primary N) is 2. The average Bonchev–Trinajstić information content (AvgIpc) is 2.10. The topological polar surface area (TPSA) is 69.1 Å². The van der Waals surface area contributed by atoms with Crippen LogP contribution in [-0.4, -0.2) is 11.7 Å². The molecule has 0 unspecified atom stereocenters. The highest BCUT2D eigenvalue weighted by Gasteiger charge is 2.11. The van der Waals surface area contributed by atoms with Gasteiger partial charge in [0.15, 0.2) is 5.78 Å². The van der Waals surface area contributed by atoms with Crippen molar-refractivity contribution in [2.45, 2.75) is 0 Å². The Bertz CT molecular complexity index is 354. The zero-order valence-corrected chi connectivity index (χ0v) is 9.59. The van der Waals surface area contributed by atoms with Crippen molar-refractivity contribution in [2.24, 2.45) is 0 Å². The van der Waals surface area contributed by atoms with Crippen LogP contribution in [0.1, 0.15) is 10.4 Å². The van der Waals surface area contributed by atoms with Gasteiger partial charge in [0.1, 0.15) is 0 Å². The first-order valence-electron chi connectivity index (χ1n) is 3.50. The van der Waals surface area contributed by atoms with E-state index in [-0.39, 0.29) is 11.7 Å². The van der Waals surface area contributed by atoms with Crippen molar-refractivity contribution in [3.05, 3.63) is 21.3 Å². The molecule has 3 nitrogen and oxygen atoms in total. The van der Waals surface area contributed by atoms with Crippen LogP contribution in [0.3, 0.4) is 0 Å². The lowest BCUT2D eigenvalue weighted by atomic mass is 10.1. The molecule has 0 heterocycles. The summed E-state index contributed by atoms with van der Waals surface area (Å²) in [6, 6.07) is 3.39. The van der Waals surface area contributed by atoms with E-state index in [9.17, 15) is 4.79 Å². The minimum absolute atomic E-state index is 0.0796. The number of carbonyl (C=O) groups excluding carboxylic acids is 1. The van der Waals surface area contributed by atoms with Gasteiger partial charge in [-0.2, -0.15) is 0 Å². The van der Waals surface area contributed by atoms with Gasteiger partial charge in [-0.05, 0) is 34.7 Å². The Labute approximate surface area is 94.6 Å². The first-order chi connectivity index (χ1) is 6.06. The van der Waals surface area contributed by atoms with Gasteiger partial charge in [0.05, 0.1) is 17.3 Å². The van der Waals surface area contributed by atoms with E-state index >= 15 is 0 Å². The quantitative estimate of drug-likeness (QED) is 0.379. The molecule has 1 aromatic carbocycles. The zero-order chi connectivity index (χ0) is 10.0. The normalized spacial score (nSPS) is 10.0. The van der Waals surface area contributed by atoms with Crippen molar-refractivity contribution in [1.82, 2.24) is 0 Å². The second kappa shape index (κ2) is 4.15. The van der Waals surface area contributed by atoms with Crippen LogP contribution in [0.5, 0.6) is 0 Å². The summed E-state index contributed by atoms with van der Waals surface area (Å²) in [6.45, 7) is 0. The highest BCUT2D eigenvalue weighted by Crippen LogP contribution is 2.24. The highest BCUT2D eigenvalue weighted by atomic mass is 127. The largest absolute Gasteiger partial charge is 0.397 e. The number of ketones is 1. The maximum absolute atomic E-state index is 11.3. The number of benzene rings is 1. The summed E-state index contributed by atoms with van der Waals surface area (Å²) >= 11 is 7.48. The van der Waals surface area contributed by atoms with Crippen molar-refractivity contribution >= 4 is 51.3 Å². The third kappa shape index (κ3) is 2.25. The molecule has 0 atom stereocenters. The number of hydrogen-bond donors (Lipinski definition) is 2. The molecule has 0 saturated carbocycles. The maximum atomic E-state index is 11.3. The van der Waals surface area contributed by atoms with Crippen molar-refractivity contribution in [2.75, 3.05) is 17.3 Å². The molecule has 0 aliphatic rings. The van der Waals surface area contributed by atoms with Crippen LogP contribution in [-0.2, 0) is 0 Å². The van der Waals surface area contributed by atoms with Crippen molar-refractivity contribution < 1.29 is 4.79 Å². The molecule has 13 heavy (non-hydrogen) atoms. The lowest BCUT2D eigenvalue weighted by Crippen LogP contribution is -2.08. The minimum atomic E-state index is -0.204. The van der Waals surface area contributed by atoms with Crippen molar-refractivity contribution in [3.63, 3.8) is 0 Å². The Kier molecular flexibility index (Phi) is 3.38. The van der Waals surface area contributed by atoms with Crippen LogP contribution in [0.4, 0.5) is 11.4 Å². The van der Waals surface area contributed by atoms with Gasteiger partial charge in [-0.15, -0.1) is 11.6 Å². The molecule has 1 aromatic rings. The number of Topliss-reactive ketones (excluding diaryl/α,β-unsaturated/α-hetero) is 1. The van der Waals surface area contributed by atoms with Crippen LogP contribution in [0, 0.1) is 3.57 Å². The van der Waals surface area contributed by atoms with Gasteiger partial charge in [-0.3, -0.25) is 4.79 Å². The van der Waals surface area contributed by atoms with Crippen molar-refractivity contribution in [3.8, 4) is 0 Å². The van der Waals surface area contributed by atoms with Crippen LogP contribution < -0.4 is 11.5 Å². The van der Waals surface area contributed by atoms with Gasteiger partial charge in [0, 0.05) is 9.13 Å². The summed E-state index contributed by atoms with van der Waals surface area (Å²) < 4.78 is 0.873. The van der Waals surface area contributed by atoms with Crippen LogP contribution in [0.2, 0.25) is 0 Å². The molecule has 70 valence electrons. The first-order valence-corrected chi connectivity index (χ1v) is 5.11. The van der Waals surface area contributed by atoms with E-state index in [4.69, 9.17) is 23.1 Å². The number of anilines is 2. The molecule has 0 aromatic heterocycles. The number of hydrogen-bond acceptors (Lipinski definition) is 3. The number of alkyl halides is 1. The van der Waals surface area contributed by atoms with E-state index in [1.54, 1.807) is 12.1 Å².